The number of carboxylic acids is 1. The Kier molecular flexibility index (Phi) is 10.9. The minimum absolute atomic E-state index is 0.0302. The molecule has 0 atom stereocenters. The summed E-state index contributed by atoms with van der Waals surface area (Å²) in [7, 11) is 0. The molecule has 0 aromatic rings. The van der Waals surface area contributed by atoms with E-state index in [0.29, 0.717) is 52.2 Å². The summed E-state index contributed by atoms with van der Waals surface area (Å²) in [6.45, 7) is 1.97. The van der Waals surface area contributed by atoms with E-state index in [-0.39, 0.29) is 30.7 Å². The number of carbonyl (C=O) groups is 4. The normalized spacial score (nSPS) is 13.5. The maximum absolute atomic E-state index is 11.6. The summed E-state index contributed by atoms with van der Waals surface area (Å²) in [5.41, 5.74) is 0. The topological polar surface area (TPSA) is 122 Å². The first kappa shape index (κ1) is 21.8. The fourth-order valence-corrected chi connectivity index (χ4v) is 2.22. The molecule has 0 fully saturated rings. The van der Waals surface area contributed by atoms with Gasteiger partial charge in [0.15, 0.2) is 0 Å². The molecule has 0 aromatic heterocycles. The van der Waals surface area contributed by atoms with Gasteiger partial charge in [-0.05, 0) is 12.8 Å². The van der Waals surface area contributed by atoms with Gasteiger partial charge in [0.1, 0.15) is 0 Å². The second kappa shape index (κ2) is 13.0. The molecule has 1 heterocycles. The Labute approximate surface area is 152 Å². The molecule has 0 unspecified atom stereocenters. The van der Waals surface area contributed by atoms with Gasteiger partial charge < -0.3 is 19.9 Å². The smallest absolute Gasteiger partial charge is 0.305 e. The number of amides is 3. The van der Waals surface area contributed by atoms with Gasteiger partial charge in [0.2, 0.25) is 5.91 Å². The van der Waals surface area contributed by atoms with Gasteiger partial charge in [0.25, 0.3) is 11.8 Å². The van der Waals surface area contributed by atoms with E-state index in [0.717, 1.165) is 6.42 Å². The van der Waals surface area contributed by atoms with Crippen LogP contribution in [-0.4, -0.2) is 73.2 Å². The number of nitrogens with one attached hydrogen (secondary N) is 1. The van der Waals surface area contributed by atoms with Crippen molar-refractivity contribution in [2.75, 3.05) is 39.5 Å². The van der Waals surface area contributed by atoms with Gasteiger partial charge in [-0.1, -0.05) is 6.42 Å². The average Bonchev–Trinajstić information content (AvgIpc) is 2.91. The third kappa shape index (κ3) is 9.90. The van der Waals surface area contributed by atoms with Gasteiger partial charge in [0, 0.05) is 31.7 Å². The van der Waals surface area contributed by atoms with Crippen molar-refractivity contribution >= 4 is 23.7 Å². The summed E-state index contributed by atoms with van der Waals surface area (Å²) in [6.07, 6.45) is 5.01. The summed E-state index contributed by atoms with van der Waals surface area (Å²) in [5, 5.41) is 11.2. The molecule has 0 bridgehead atoms. The van der Waals surface area contributed by atoms with Crippen LogP contribution in [0, 0.1) is 0 Å². The molecule has 0 aromatic carbocycles. The number of aliphatic carboxylic acids is 1. The Bertz CT molecular complexity index is 501. The van der Waals surface area contributed by atoms with E-state index in [1.165, 1.54) is 17.1 Å². The fourth-order valence-electron chi connectivity index (χ4n) is 2.22. The van der Waals surface area contributed by atoms with Crippen molar-refractivity contribution in [3.8, 4) is 0 Å². The van der Waals surface area contributed by atoms with Gasteiger partial charge in [-0.15, -0.1) is 0 Å². The SMILES string of the molecule is O=C(O)CCOCCOCCNC(=O)CCCCCN1C(=O)C=CC1=O. The molecule has 3 amide bonds. The van der Waals surface area contributed by atoms with Crippen LogP contribution in [0.3, 0.4) is 0 Å². The zero-order valence-electron chi connectivity index (χ0n) is 14.8. The molecule has 0 saturated carbocycles. The van der Waals surface area contributed by atoms with Gasteiger partial charge in [-0.3, -0.25) is 24.1 Å². The highest BCUT2D eigenvalue weighted by Gasteiger charge is 2.22. The lowest BCUT2D eigenvalue weighted by Crippen LogP contribution is -2.31. The first-order valence-electron chi connectivity index (χ1n) is 8.68. The molecular weight excluding hydrogens is 344 g/mol. The zero-order valence-corrected chi connectivity index (χ0v) is 14.8. The lowest BCUT2D eigenvalue weighted by molar-refractivity contribution is -0.139. The molecule has 0 radical (unpaired) electrons. The highest BCUT2D eigenvalue weighted by atomic mass is 16.5. The van der Waals surface area contributed by atoms with Crippen LogP contribution < -0.4 is 5.32 Å². The van der Waals surface area contributed by atoms with Gasteiger partial charge in [0.05, 0.1) is 32.8 Å². The molecule has 1 aliphatic heterocycles. The van der Waals surface area contributed by atoms with E-state index < -0.39 is 5.97 Å². The molecule has 26 heavy (non-hydrogen) atoms. The fraction of sp³-hybridized carbons (Fsp3) is 0.647. The number of carbonyl (C=O) groups excluding carboxylic acids is 3. The predicted octanol–water partition coefficient (Wildman–Crippen LogP) is 0.0959. The Balaban J connectivity index is 1.86. The van der Waals surface area contributed by atoms with Crippen LogP contribution in [0.5, 0.6) is 0 Å². The number of rotatable bonds is 15. The third-order valence-electron chi connectivity index (χ3n) is 3.59. The molecule has 1 aliphatic rings. The predicted molar refractivity (Wildman–Crippen MR) is 91.2 cm³/mol. The van der Waals surface area contributed by atoms with Crippen LogP contribution in [0.2, 0.25) is 0 Å². The van der Waals surface area contributed by atoms with E-state index in [2.05, 4.69) is 5.32 Å². The van der Waals surface area contributed by atoms with E-state index in [1.54, 1.807) is 0 Å². The third-order valence-corrected chi connectivity index (χ3v) is 3.59. The summed E-state index contributed by atoms with van der Waals surface area (Å²) in [5.74, 6) is -1.52. The molecule has 2 N–H and O–H groups in total. The van der Waals surface area contributed by atoms with Crippen LogP contribution in [0.25, 0.3) is 0 Å². The molecule has 9 heteroatoms. The van der Waals surface area contributed by atoms with E-state index in [4.69, 9.17) is 14.6 Å². The Morgan fingerprint density at radius 2 is 1.58 bits per heavy atom. The maximum atomic E-state index is 11.6. The van der Waals surface area contributed by atoms with E-state index in [9.17, 15) is 19.2 Å². The summed E-state index contributed by atoms with van der Waals surface area (Å²) >= 11 is 0. The van der Waals surface area contributed by atoms with Crippen molar-refractivity contribution in [3.63, 3.8) is 0 Å². The van der Waals surface area contributed by atoms with Crippen LogP contribution in [0.1, 0.15) is 32.1 Å². The first-order valence-corrected chi connectivity index (χ1v) is 8.68. The number of ether oxygens (including phenoxy) is 2. The monoisotopic (exact) mass is 370 g/mol. The standard InChI is InChI=1S/C17H26N2O7/c20-14(18-8-11-26-13-12-25-10-7-17(23)24)4-2-1-3-9-19-15(21)5-6-16(19)22/h5-6H,1-4,7-13H2,(H,18,20)(H,23,24). The minimum Gasteiger partial charge on any atom is -0.481 e. The zero-order chi connectivity index (χ0) is 19.2. The van der Waals surface area contributed by atoms with Crippen molar-refractivity contribution in [1.29, 1.82) is 0 Å². The van der Waals surface area contributed by atoms with E-state index in [1.807, 2.05) is 0 Å². The average molecular weight is 370 g/mol. The molecule has 146 valence electrons. The van der Waals surface area contributed by atoms with Crippen molar-refractivity contribution in [2.45, 2.75) is 32.1 Å². The van der Waals surface area contributed by atoms with Crippen LogP contribution in [0.4, 0.5) is 0 Å². The van der Waals surface area contributed by atoms with Crippen molar-refractivity contribution in [3.05, 3.63) is 12.2 Å². The van der Waals surface area contributed by atoms with Crippen LogP contribution >= 0.6 is 0 Å². The van der Waals surface area contributed by atoms with E-state index >= 15 is 0 Å². The first-order chi connectivity index (χ1) is 12.5. The quantitative estimate of drug-likeness (QED) is 0.309. The van der Waals surface area contributed by atoms with Gasteiger partial charge >= 0.3 is 5.97 Å². The summed E-state index contributed by atoms with van der Waals surface area (Å²) in [4.78, 5) is 45.8. The second-order valence-corrected chi connectivity index (χ2v) is 5.69. The Hall–Kier alpha value is -2.26. The highest BCUT2D eigenvalue weighted by molar-refractivity contribution is 6.12. The van der Waals surface area contributed by atoms with Crippen molar-refractivity contribution in [2.24, 2.45) is 0 Å². The van der Waals surface area contributed by atoms with Crippen molar-refractivity contribution in [1.82, 2.24) is 10.2 Å². The number of nitrogens with zero attached hydrogens (tertiary/aromatic N) is 1. The number of hydrogen-bond donors (Lipinski definition) is 2. The molecule has 0 aliphatic carbocycles. The van der Waals surface area contributed by atoms with Gasteiger partial charge in [-0.2, -0.15) is 0 Å². The lowest BCUT2D eigenvalue weighted by Gasteiger charge is -2.13. The molecular formula is C17H26N2O7. The number of carboxylic acid groups (broad SMARTS) is 1. The lowest BCUT2D eigenvalue weighted by atomic mass is 10.2. The van der Waals surface area contributed by atoms with Crippen LogP contribution in [-0.2, 0) is 28.7 Å². The molecule has 0 spiro atoms. The second-order valence-electron chi connectivity index (χ2n) is 5.69. The number of hydrogen-bond acceptors (Lipinski definition) is 6. The Morgan fingerprint density at radius 1 is 0.923 bits per heavy atom. The Morgan fingerprint density at radius 3 is 2.23 bits per heavy atom. The largest absolute Gasteiger partial charge is 0.481 e. The summed E-state index contributed by atoms with van der Waals surface area (Å²) < 4.78 is 10.3. The van der Waals surface area contributed by atoms with Gasteiger partial charge in [-0.25, -0.2) is 0 Å². The number of imide groups is 1. The van der Waals surface area contributed by atoms with Crippen LogP contribution in [0.15, 0.2) is 12.2 Å². The molecule has 9 nitrogen and oxygen atoms in total. The molecule has 1 rings (SSSR count). The maximum Gasteiger partial charge on any atom is 0.305 e. The molecule has 0 saturated heterocycles. The van der Waals surface area contributed by atoms with Crippen molar-refractivity contribution < 1.29 is 33.8 Å². The minimum atomic E-state index is -0.899. The number of unbranched alkanes of at least 4 members (excludes halogenated alkanes) is 2. The highest BCUT2D eigenvalue weighted by Crippen LogP contribution is 2.07. The summed E-state index contributed by atoms with van der Waals surface area (Å²) in [6, 6.07) is 0.